The molecule has 1 aromatic carbocycles. The highest BCUT2D eigenvalue weighted by Crippen LogP contribution is 2.30. The summed E-state index contributed by atoms with van der Waals surface area (Å²) in [5.41, 5.74) is 6.84. The molecular formula is C12H14ClNO. The molecule has 2 N–H and O–H groups in total. The minimum atomic E-state index is -0.449. The molecule has 0 spiro atoms. The zero-order chi connectivity index (χ0) is 10.8. The highest BCUT2D eigenvalue weighted by atomic mass is 35.5. The van der Waals surface area contributed by atoms with Crippen LogP contribution in [0.5, 0.6) is 0 Å². The summed E-state index contributed by atoms with van der Waals surface area (Å²) in [6.07, 6.45) is 4.97. The lowest BCUT2D eigenvalue weighted by molar-refractivity contribution is 0.100. The third-order valence-corrected chi connectivity index (χ3v) is 3.37. The highest BCUT2D eigenvalue weighted by Gasteiger charge is 2.18. The predicted octanol–water partition coefficient (Wildman–Crippen LogP) is 2.78. The van der Waals surface area contributed by atoms with Gasteiger partial charge in [0.25, 0.3) is 0 Å². The fourth-order valence-electron chi connectivity index (χ4n) is 1.92. The van der Waals surface area contributed by atoms with Gasteiger partial charge in [0, 0.05) is 0 Å². The smallest absolute Gasteiger partial charge is 0.250 e. The number of halogens is 1. The van der Waals surface area contributed by atoms with E-state index in [0.717, 1.165) is 17.9 Å². The van der Waals surface area contributed by atoms with E-state index in [2.05, 4.69) is 0 Å². The van der Waals surface area contributed by atoms with E-state index in [1.165, 1.54) is 19.3 Å². The van der Waals surface area contributed by atoms with Gasteiger partial charge >= 0.3 is 0 Å². The number of primary amides is 1. The topological polar surface area (TPSA) is 43.1 Å². The lowest BCUT2D eigenvalue weighted by Gasteiger charge is -2.25. The van der Waals surface area contributed by atoms with E-state index in [-0.39, 0.29) is 0 Å². The second-order valence-corrected chi connectivity index (χ2v) is 4.59. The van der Waals surface area contributed by atoms with Gasteiger partial charge in [-0.2, -0.15) is 0 Å². The van der Waals surface area contributed by atoms with Crippen LogP contribution in [0.1, 0.15) is 35.2 Å². The molecule has 0 heterocycles. The van der Waals surface area contributed by atoms with E-state index in [4.69, 9.17) is 17.3 Å². The molecule has 0 unspecified atom stereocenters. The highest BCUT2D eigenvalue weighted by molar-refractivity contribution is 6.33. The van der Waals surface area contributed by atoms with Crippen LogP contribution in [0.2, 0.25) is 5.02 Å². The van der Waals surface area contributed by atoms with E-state index >= 15 is 0 Å². The van der Waals surface area contributed by atoms with Crippen LogP contribution >= 0.6 is 11.6 Å². The fourth-order valence-corrected chi connectivity index (χ4v) is 2.13. The van der Waals surface area contributed by atoms with Crippen LogP contribution in [-0.2, 0) is 6.42 Å². The van der Waals surface area contributed by atoms with Gasteiger partial charge in [-0.1, -0.05) is 36.9 Å². The van der Waals surface area contributed by atoms with Crippen LogP contribution in [-0.4, -0.2) is 5.91 Å². The Morgan fingerprint density at radius 1 is 1.47 bits per heavy atom. The zero-order valence-corrected chi connectivity index (χ0v) is 9.26. The molecule has 80 valence electrons. The maximum Gasteiger partial charge on any atom is 0.250 e. The number of carbonyl (C=O) groups is 1. The molecule has 2 nitrogen and oxygen atoms in total. The second-order valence-electron chi connectivity index (χ2n) is 4.18. The Bertz CT molecular complexity index is 385. The van der Waals surface area contributed by atoms with Crippen LogP contribution in [0.15, 0.2) is 18.2 Å². The average Bonchev–Trinajstić information content (AvgIpc) is 2.13. The molecule has 1 aromatic rings. The van der Waals surface area contributed by atoms with Crippen molar-refractivity contribution < 1.29 is 4.79 Å². The minimum Gasteiger partial charge on any atom is -0.366 e. The van der Waals surface area contributed by atoms with E-state index in [1.807, 2.05) is 12.1 Å². The molecule has 2 rings (SSSR count). The Morgan fingerprint density at radius 3 is 2.73 bits per heavy atom. The van der Waals surface area contributed by atoms with Crippen molar-refractivity contribution in [2.75, 3.05) is 0 Å². The van der Waals surface area contributed by atoms with Crippen molar-refractivity contribution in [1.82, 2.24) is 0 Å². The lowest BCUT2D eigenvalue weighted by atomic mass is 9.81. The van der Waals surface area contributed by atoms with E-state index in [9.17, 15) is 4.79 Å². The Hall–Kier alpha value is -1.02. The van der Waals surface area contributed by atoms with Crippen LogP contribution in [0.3, 0.4) is 0 Å². The second kappa shape index (κ2) is 4.23. The molecule has 1 amide bonds. The Labute approximate surface area is 94.4 Å². The number of nitrogens with two attached hydrogens (primary N) is 1. The van der Waals surface area contributed by atoms with Gasteiger partial charge < -0.3 is 5.73 Å². The predicted molar refractivity (Wildman–Crippen MR) is 61.0 cm³/mol. The van der Waals surface area contributed by atoms with Crippen molar-refractivity contribution >= 4 is 17.5 Å². The number of hydrogen-bond acceptors (Lipinski definition) is 1. The van der Waals surface area contributed by atoms with Crippen molar-refractivity contribution in [2.45, 2.75) is 25.7 Å². The molecule has 0 atom stereocenters. The zero-order valence-electron chi connectivity index (χ0n) is 8.50. The Morgan fingerprint density at radius 2 is 2.20 bits per heavy atom. The van der Waals surface area contributed by atoms with Gasteiger partial charge in [0.1, 0.15) is 0 Å². The fraction of sp³-hybridized carbons (Fsp3) is 0.417. The van der Waals surface area contributed by atoms with E-state index in [1.54, 1.807) is 6.07 Å². The first-order chi connectivity index (χ1) is 7.16. The van der Waals surface area contributed by atoms with Crippen molar-refractivity contribution in [3.63, 3.8) is 0 Å². The quantitative estimate of drug-likeness (QED) is 0.842. The molecule has 1 fully saturated rings. The summed E-state index contributed by atoms with van der Waals surface area (Å²) in [5.74, 6) is 0.336. The summed E-state index contributed by atoms with van der Waals surface area (Å²) in [7, 11) is 0. The summed E-state index contributed by atoms with van der Waals surface area (Å²) in [6, 6.07) is 5.56. The Balaban J connectivity index is 2.17. The van der Waals surface area contributed by atoms with Crippen molar-refractivity contribution in [1.29, 1.82) is 0 Å². The molecule has 1 aliphatic rings. The average molecular weight is 224 g/mol. The largest absolute Gasteiger partial charge is 0.366 e. The van der Waals surface area contributed by atoms with Gasteiger partial charge in [-0.25, -0.2) is 0 Å². The molecular weight excluding hydrogens is 210 g/mol. The summed E-state index contributed by atoms with van der Waals surface area (Å²) < 4.78 is 0. The summed E-state index contributed by atoms with van der Waals surface area (Å²) >= 11 is 5.87. The summed E-state index contributed by atoms with van der Waals surface area (Å²) in [6.45, 7) is 0. The first-order valence-electron chi connectivity index (χ1n) is 5.25. The van der Waals surface area contributed by atoms with E-state index < -0.39 is 5.91 Å². The van der Waals surface area contributed by atoms with Crippen LogP contribution in [0, 0.1) is 5.92 Å². The van der Waals surface area contributed by atoms with E-state index in [0.29, 0.717) is 10.6 Å². The standard InChI is InChI=1S/C12H14ClNO/c13-11-5-4-9(6-8-2-1-3-8)7-10(11)12(14)15/h4-5,7-8H,1-3,6H2,(H2,14,15). The number of amides is 1. The van der Waals surface area contributed by atoms with Gasteiger partial charge in [0.15, 0.2) is 0 Å². The summed E-state index contributed by atoms with van der Waals surface area (Å²) in [5, 5.41) is 0.444. The normalized spacial score (nSPS) is 16.1. The first kappa shape index (κ1) is 10.5. The number of carbonyl (C=O) groups excluding carboxylic acids is 1. The minimum absolute atomic E-state index is 0.438. The molecule has 0 aliphatic heterocycles. The molecule has 0 saturated heterocycles. The monoisotopic (exact) mass is 223 g/mol. The third-order valence-electron chi connectivity index (χ3n) is 3.05. The first-order valence-corrected chi connectivity index (χ1v) is 5.63. The SMILES string of the molecule is NC(=O)c1cc(CC2CCC2)ccc1Cl. The van der Waals surface area contributed by atoms with Crippen molar-refractivity contribution in [2.24, 2.45) is 11.7 Å². The van der Waals surface area contributed by atoms with Crippen LogP contribution < -0.4 is 5.73 Å². The molecule has 0 bridgehead atoms. The number of benzene rings is 1. The lowest BCUT2D eigenvalue weighted by Crippen LogP contribution is -2.15. The maximum absolute atomic E-state index is 11.1. The Kier molecular flexibility index (Phi) is 2.96. The number of hydrogen-bond donors (Lipinski definition) is 1. The van der Waals surface area contributed by atoms with Gasteiger partial charge in [-0.05, 0) is 30.0 Å². The van der Waals surface area contributed by atoms with Gasteiger partial charge in [0.2, 0.25) is 5.91 Å². The molecule has 15 heavy (non-hydrogen) atoms. The summed E-state index contributed by atoms with van der Waals surface area (Å²) in [4.78, 5) is 11.1. The molecule has 0 aromatic heterocycles. The van der Waals surface area contributed by atoms with Gasteiger partial charge in [-0.3, -0.25) is 4.79 Å². The molecule has 1 saturated carbocycles. The van der Waals surface area contributed by atoms with Crippen LogP contribution in [0.4, 0.5) is 0 Å². The number of rotatable bonds is 3. The molecule has 1 aliphatic carbocycles. The van der Waals surface area contributed by atoms with Crippen molar-refractivity contribution in [3.8, 4) is 0 Å². The molecule has 0 radical (unpaired) electrons. The third kappa shape index (κ3) is 2.32. The van der Waals surface area contributed by atoms with Gasteiger partial charge in [0.05, 0.1) is 10.6 Å². The van der Waals surface area contributed by atoms with Gasteiger partial charge in [-0.15, -0.1) is 0 Å². The molecule has 3 heteroatoms. The maximum atomic E-state index is 11.1. The van der Waals surface area contributed by atoms with Crippen LogP contribution in [0.25, 0.3) is 0 Å². The van der Waals surface area contributed by atoms with Crippen molar-refractivity contribution in [3.05, 3.63) is 34.3 Å².